The highest BCUT2D eigenvalue weighted by Crippen LogP contribution is 2.43. The van der Waals surface area contributed by atoms with E-state index in [0.29, 0.717) is 5.57 Å². The largest absolute Gasteiger partial charge is 0.344 e. The third kappa shape index (κ3) is 4.25. The Balaban J connectivity index is 1.89. The summed E-state index contributed by atoms with van der Waals surface area (Å²) in [4.78, 5) is 45.3. The van der Waals surface area contributed by atoms with Crippen LogP contribution in [0.25, 0.3) is 5.70 Å². The first-order valence-electron chi connectivity index (χ1n) is 11.6. The first-order valence-corrected chi connectivity index (χ1v) is 11.6. The van der Waals surface area contributed by atoms with E-state index in [2.05, 4.69) is 36.0 Å². The molecule has 1 aromatic rings. The lowest BCUT2D eigenvalue weighted by molar-refractivity contribution is -0.134. The number of rotatable bonds is 5. The van der Waals surface area contributed by atoms with Crippen LogP contribution in [0, 0.1) is 0 Å². The van der Waals surface area contributed by atoms with Crippen molar-refractivity contribution in [3.63, 3.8) is 0 Å². The van der Waals surface area contributed by atoms with Gasteiger partial charge in [-0.3, -0.25) is 19.4 Å². The standard InChI is InChI=1S/C26H32N4O3/c1-27(2)15-10-16-30-21-14-9-8-13-19(21)20(17-22(30)18-11-6-5-7-12-18)23-24(31)28(3)26(33)29(4)25(23)32/h5-7,11-12,17H,8-10,13-16H2,1-4H3. The molecule has 0 atom stereocenters. The van der Waals surface area contributed by atoms with Crippen LogP contribution in [0.3, 0.4) is 0 Å². The van der Waals surface area contributed by atoms with Crippen molar-refractivity contribution in [2.75, 3.05) is 41.3 Å². The molecule has 2 heterocycles. The summed E-state index contributed by atoms with van der Waals surface area (Å²) in [5, 5.41) is 0. The van der Waals surface area contributed by atoms with Gasteiger partial charge in [-0.2, -0.15) is 0 Å². The lowest BCUT2D eigenvalue weighted by atomic mass is 9.82. The van der Waals surface area contributed by atoms with Gasteiger partial charge in [0.1, 0.15) is 5.57 Å². The first-order chi connectivity index (χ1) is 15.8. The molecule has 0 saturated carbocycles. The second-order valence-corrected chi connectivity index (χ2v) is 9.14. The number of hydrogen-bond donors (Lipinski definition) is 0. The number of carbonyl (C=O) groups is 3. The SMILES string of the molecule is CN(C)CCCN1C(c2ccccc2)=CC(=C2C(=O)N(C)C(=O)N(C)C2=O)C2=C1CCCC2. The number of nitrogens with zero attached hydrogens (tertiary/aromatic N) is 4. The Morgan fingerprint density at radius 3 is 2.18 bits per heavy atom. The van der Waals surface area contributed by atoms with E-state index in [9.17, 15) is 14.4 Å². The third-order valence-corrected chi connectivity index (χ3v) is 6.60. The second kappa shape index (κ2) is 9.35. The summed E-state index contributed by atoms with van der Waals surface area (Å²) in [5.41, 5.74) is 5.08. The Labute approximate surface area is 195 Å². The average Bonchev–Trinajstić information content (AvgIpc) is 2.82. The minimum absolute atomic E-state index is 0.0929. The molecule has 1 fully saturated rings. The van der Waals surface area contributed by atoms with Crippen LogP contribution in [0.4, 0.5) is 4.79 Å². The molecular formula is C26H32N4O3. The molecule has 33 heavy (non-hydrogen) atoms. The van der Waals surface area contributed by atoms with Crippen molar-refractivity contribution in [2.45, 2.75) is 32.1 Å². The monoisotopic (exact) mass is 448 g/mol. The number of allylic oxidation sites excluding steroid dienone is 4. The Morgan fingerprint density at radius 1 is 0.909 bits per heavy atom. The van der Waals surface area contributed by atoms with E-state index in [4.69, 9.17) is 0 Å². The van der Waals surface area contributed by atoms with Gasteiger partial charge in [-0.05, 0) is 75.5 Å². The molecule has 4 rings (SSSR count). The summed E-state index contributed by atoms with van der Waals surface area (Å²) in [6.07, 6.45) is 6.82. The molecule has 0 spiro atoms. The van der Waals surface area contributed by atoms with E-state index >= 15 is 0 Å². The molecule has 0 aromatic heterocycles. The Morgan fingerprint density at radius 2 is 1.55 bits per heavy atom. The van der Waals surface area contributed by atoms with Crippen molar-refractivity contribution in [1.82, 2.24) is 19.6 Å². The van der Waals surface area contributed by atoms with E-state index in [1.54, 1.807) is 0 Å². The van der Waals surface area contributed by atoms with Crippen molar-refractivity contribution < 1.29 is 14.4 Å². The van der Waals surface area contributed by atoms with E-state index in [-0.39, 0.29) is 5.57 Å². The molecule has 3 aliphatic rings. The Hall–Kier alpha value is -3.19. The molecule has 4 amide bonds. The van der Waals surface area contributed by atoms with Crippen molar-refractivity contribution in [3.8, 4) is 0 Å². The molecule has 7 heteroatoms. The molecule has 7 nitrogen and oxygen atoms in total. The first kappa shape index (κ1) is 23.0. The van der Waals surface area contributed by atoms with E-state index in [1.807, 2.05) is 24.3 Å². The third-order valence-electron chi connectivity index (χ3n) is 6.60. The number of benzene rings is 1. The van der Waals surface area contributed by atoms with Gasteiger partial charge in [-0.1, -0.05) is 30.3 Å². The van der Waals surface area contributed by atoms with Crippen molar-refractivity contribution >= 4 is 23.5 Å². The predicted octanol–water partition coefficient (Wildman–Crippen LogP) is 3.47. The predicted molar refractivity (Wildman–Crippen MR) is 128 cm³/mol. The lowest BCUT2D eigenvalue weighted by Crippen LogP contribution is -2.53. The van der Waals surface area contributed by atoms with E-state index in [1.165, 1.54) is 19.8 Å². The number of urea groups is 1. The van der Waals surface area contributed by atoms with Gasteiger partial charge in [0.25, 0.3) is 11.8 Å². The quantitative estimate of drug-likeness (QED) is 0.510. The highest BCUT2D eigenvalue weighted by atomic mass is 16.2. The topological polar surface area (TPSA) is 64.2 Å². The summed E-state index contributed by atoms with van der Waals surface area (Å²) in [7, 11) is 7.02. The number of imide groups is 2. The number of barbiturate groups is 1. The van der Waals surface area contributed by atoms with Gasteiger partial charge >= 0.3 is 6.03 Å². The zero-order chi connectivity index (χ0) is 23.7. The fourth-order valence-electron chi connectivity index (χ4n) is 4.85. The molecule has 0 bridgehead atoms. The number of likely N-dealkylation sites (N-methyl/N-ethyl adjacent to an activating group) is 2. The van der Waals surface area contributed by atoms with Crippen molar-refractivity contribution in [2.24, 2.45) is 0 Å². The normalized spacial score (nSPS) is 19.6. The maximum atomic E-state index is 13.2. The van der Waals surface area contributed by atoms with Gasteiger partial charge in [-0.15, -0.1) is 0 Å². The highest BCUT2D eigenvalue weighted by molar-refractivity contribution is 6.29. The molecular weight excluding hydrogens is 416 g/mol. The van der Waals surface area contributed by atoms with E-state index in [0.717, 1.165) is 71.8 Å². The molecule has 0 radical (unpaired) electrons. The summed E-state index contributed by atoms with van der Waals surface area (Å²) in [5.74, 6) is -1.06. The van der Waals surface area contributed by atoms with Gasteiger partial charge in [0.05, 0.1) is 0 Å². The molecule has 174 valence electrons. The molecule has 1 aromatic carbocycles. The van der Waals surface area contributed by atoms with Crippen LogP contribution in [-0.4, -0.2) is 78.7 Å². The summed E-state index contributed by atoms with van der Waals surface area (Å²) >= 11 is 0. The smallest absolute Gasteiger partial charge is 0.333 e. The van der Waals surface area contributed by atoms with Crippen molar-refractivity contribution in [1.29, 1.82) is 0 Å². The fourth-order valence-corrected chi connectivity index (χ4v) is 4.85. The molecule has 0 unspecified atom stereocenters. The molecule has 0 N–H and O–H groups in total. The Kier molecular flexibility index (Phi) is 6.51. The molecule has 2 aliphatic heterocycles. The Bertz CT molecular complexity index is 1040. The molecule has 1 saturated heterocycles. The summed E-state index contributed by atoms with van der Waals surface area (Å²) in [6, 6.07) is 9.52. The fraction of sp³-hybridized carbons (Fsp3) is 0.423. The zero-order valence-electron chi connectivity index (χ0n) is 19.9. The van der Waals surface area contributed by atoms with Crippen LogP contribution in [0.15, 0.2) is 58.8 Å². The number of carbonyl (C=O) groups excluding carboxylic acids is 3. The van der Waals surface area contributed by atoms with Gasteiger partial charge < -0.3 is 9.80 Å². The minimum atomic E-state index is -0.597. The lowest BCUT2D eigenvalue weighted by Gasteiger charge is -2.40. The number of hydrogen-bond acceptors (Lipinski definition) is 5. The average molecular weight is 449 g/mol. The van der Waals surface area contributed by atoms with Gasteiger partial charge in [0, 0.05) is 32.0 Å². The van der Waals surface area contributed by atoms with Crippen LogP contribution in [0.1, 0.15) is 37.7 Å². The molecule has 1 aliphatic carbocycles. The van der Waals surface area contributed by atoms with Crippen LogP contribution in [-0.2, 0) is 9.59 Å². The van der Waals surface area contributed by atoms with Crippen LogP contribution >= 0.6 is 0 Å². The minimum Gasteiger partial charge on any atom is -0.344 e. The van der Waals surface area contributed by atoms with Crippen LogP contribution in [0.5, 0.6) is 0 Å². The van der Waals surface area contributed by atoms with Gasteiger partial charge in [0.15, 0.2) is 0 Å². The summed E-state index contributed by atoms with van der Waals surface area (Å²) < 4.78 is 0. The van der Waals surface area contributed by atoms with Crippen LogP contribution < -0.4 is 0 Å². The van der Waals surface area contributed by atoms with Gasteiger partial charge in [-0.25, -0.2) is 4.79 Å². The van der Waals surface area contributed by atoms with Crippen molar-refractivity contribution in [3.05, 3.63) is 64.4 Å². The van der Waals surface area contributed by atoms with E-state index < -0.39 is 17.8 Å². The number of amides is 4. The maximum absolute atomic E-state index is 13.2. The zero-order valence-corrected chi connectivity index (χ0v) is 19.9. The van der Waals surface area contributed by atoms with Crippen LogP contribution in [0.2, 0.25) is 0 Å². The highest BCUT2D eigenvalue weighted by Gasteiger charge is 2.41. The second-order valence-electron chi connectivity index (χ2n) is 9.14. The maximum Gasteiger partial charge on any atom is 0.333 e. The van der Waals surface area contributed by atoms with Gasteiger partial charge in [0.2, 0.25) is 0 Å². The summed E-state index contributed by atoms with van der Waals surface area (Å²) in [6.45, 7) is 1.84.